The Balaban J connectivity index is 6.06. The summed E-state index contributed by atoms with van der Waals surface area (Å²) in [4.78, 5) is 9.61. The van der Waals surface area contributed by atoms with Crippen molar-refractivity contribution in [1.29, 1.82) is 0 Å². The highest BCUT2D eigenvalue weighted by Gasteiger charge is 2.29. The van der Waals surface area contributed by atoms with E-state index in [9.17, 15) is 9.46 Å². The SMILES string of the molecule is [2H]C([2H])(Cl)C([2H])(OP(=O)(O)OC([2H])(C([2H])([2H])Cl)C([2H])([2H])Cl)C([2H])([2H])Cl. The molecule has 0 aliphatic rings. The van der Waals surface area contributed by atoms with E-state index in [1.54, 1.807) is 0 Å². The Kier molecular flexibility index (Phi) is 3.32. The van der Waals surface area contributed by atoms with Gasteiger partial charge in [0.2, 0.25) is 0 Å². The number of phosphoric ester groups is 1. The molecule has 0 fully saturated rings. The molecule has 0 spiro atoms. The predicted octanol–water partition coefficient (Wildman–Crippen LogP) is 2.81. The number of hydrogen-bond donors (Lipinski definition) is 1. The van der Waals surface area contributed by atoms with Crippen LogP contribution in [-0.2, 0) is 13.6 Å². The van der Waals surface area contributed by atoms with E-state index in [4.69, 9.17) is 60.1 Å². The van der Waals surface area contributed by atoms with Gasteiger partial charge in [-0.15, -0.1) is 46.4 Å². The first-order valence-electron chi connectivity index (χ1n) is 7.91. The Labute approximate surface area is 122 Å². The van der Waals surface area contributed by atoms with Crippen LogP contribution >= 0.6 is 54.2 Å². The van der Waals surface area contributed by atoms with Crippen molar-refractivity contribution < 1.29 is 32.2 Å². The molecular formula is C6H11Cl4O4P. The topological polar surface area (TPSA) is 55.8 Å². The summed E-state index contributed by atoms with van der Waals surface area (Å²) >= 11 is 20.6. The molecule has 4 nitrogen and oxygen atoms in total. The molecule has 0 saturated heterocycles. The van der Waals surface area contributed by atoms with E-state index in [1.807, 2.05) is 0 Å². The van der Waals surface area contributed by atoms with E-state index in [1.165, 1.54) is 0 Å². The molecule has 0 radical (unpaired) electrons. The fraction of sp³-hybridized carbons (Fsp3) is 1.00. The lowest BCUT2D eigenvalue weighted by Crippen LogP contribution is -2.20. The van der Waals surface area contributed by atoms with Crippen molar-refractivity contribution in [3.63, 3.8) is 0 Å². The highest BCUT2D eigenvalue weighted by molar-refractivity contribution is 7.47. The molecule has 0 aliphatic heterocycles. The summed E-state index contributed by atoms with van der Waals surface area (Å²) in [6, 6.07) is 0. The summed E-state index contributed by atoms with van der Waals surface area (Å²) in [6.45, 7) is 0. The molecule has 0 aliphatic carbocycles. The van der Waals surface area contributed by atoms with Crippen molar-refractivity contribution in [3.05, 3.63) is 0 Å². The van der Waals surface area contributed by atoms with Crippen LogP contribution in [0.5, 0.6) is 0 Å². The summed E-state index contributed by atoms with van der Waals surface area (Å²) in [5.41, 5.74) is 0. The molecule has 15 heavy (non-hydrogen) atoms. The van der Waals surface area contributed by atoms with Gasteiger partial charge in [0.25, 0.3) is 0 Å². The number of rotatable bonds is 8. The smallest absolute Gasteiger partial charge is 0.302 e. The summed E-state index contributed by atoms with van der Waals surface area (Å²) in [5.74, 6) is -14.1. The Morgan fingerprint density at radius 3 is 1.60 bits per heavy atom. The van der Waals surface area contributed by atoms with Crippen LogP contribution in [0.15, 0.2) is 0 Å². The zero-order valence-corrected chi connectivity index (χ0v) is 10.5. The van der Waals surface area contributed by atoms with Gasteiger partial charge in [0.15, 0.2) is 0 Å². The van der Waals surface area contributed by atoms with Crippen molar-refractivity contribution >= 4 is 54.2 Å². The van der Waals surface area contributed by atoms with E-state index < -0.39 is 43.3 Å². The molecule has 0 aromatic rings. The Bertz CT molecular complexity index is 467. The molecule has 0 rings (SSSR count). The quantitative estimate of drug-likeness (QED) is 0.549. The molecule has 9 heteroatoms. The third-order valence-electron chi connectivity index (χ3n) is 0.757. The first-order valence-corrected chi connectivity index (χ1v) is 5.92. The summed E-state index contributed by atoms with van der Waals surface area (Å²) in [6.07, 6.45) is -7.65. The molecular weight excluding hydrogens is 309 g/mol. The van der Waals surface area contributed by atoms with E-state index in [-0.39, 0.29) is 0 Å². The van der Waals surface area contributed by atoms with Gasteiger partial charge in [-0.05, 0) is 0 Å². The Hall–Kier alpha value is 1.27. The number of halogens is 4. The minimum Gasteiger partial charge on any atom is -0.302 e. The Morgan fingerprint density at radius 2 is 1.40 bits per heavy atom. The maximum Gasteiger partial charge on any atom is 0.472 e. The molecule has 0 aromatic heterocycles. The number of hydrogen-bond acceptors (Lipinski definition) is 3. The van der Waals surface area contributed by atoms with Crippen LogP contribution in [0.4, 0.5) is 0 Å². The van der Waals surface area contributed by atoms with Gasteiger partial charge in [-0.25, -0.2) is 4.57 Å². The number of phosphoric acid groups is 1. The highest BCUT2D eigenvalue weighted by Crippen LogP contribution is 2.46. The zero-order chi connectivity index (χ0) is 20.9. The molecule has 0 heterocycles. The van der Waals surface area contributed by atoms with Gasteiger partial charge in [-0.3, -0.25) is 9.05 Å². The Morgan fingerprint density at radius 1 is 1.13 bits per heavy atom. The molecule has 0 amide bonds. The first kappa shape index (κ1) is 5.94. The molecule has 0 bridgehead atoms. The summed E-state index contributed by atoms with van der Waals surface area (Å²) in [5, 5.41) is 0. The largest absolute Gasteiger partial charge is 0.472 e. The van der Waals surface area contributed by atoms with Gasteiger partial charge >= 0.3 is 7.82 Å². The van der Waals surface area contributed by atoms with Gasteiger partial charge in [-0.1, -0.05) is 0 Å². The third-order valence-corrected chi connectivity index (χ3v) is 2.27. The molecule has 0 atom stereocenters. The summed E-state index contributed by atoms with van der Waals surface area (Å²) in [7, 11) is -5.99. The van der Waals surface area contributed by atoms with Crippen molar-refractivity contribution in [3.8, 4) is 0 Å². The normalized spacial score (nSPS) is 27.8. The van der Waals surface area contributed by atoms with Crippen molar-refractivity contribution in [2.24, 2.45) is 0 Å². The number of alkyl halides is 4. The monoisotopic (exact) mass is 328 g/mol. The average Bonchev–Trinajstić information content (AvgIpc) is 2.20. The van der Waals surface area contributed by atoms with E-state index in [2.05, 4.69) is 9.05 Å². The zero-order valence-electron chi connectivity index (χ0n) is 16.6. The van der Waals surface area contributed by atoms with E-state index in [0.717, 1.165) is 0 Å². The molecule has 0 unspecified atom stereocenters. The lowest BCUT2D eigenvalue weighted by molar-refractivity contribution is 0.103. The van der Waals surface area contributed by atoms with Crippen molar-refractivity contribution in [2.45, 2.75) is 12.2 Å². The van der Waals surface area contributed by atoms with Crippen LogP contribution in [-0.4, -0.2) is 40.4 Å². The average molecular weight is 330 g/mol. The van der Waals surface area contributed by atoms with Crippen molar-refractivity contribution in [1.82, 2.24) is 0 Å². The molecule has 0 aromatic carbocycles. The predicted molar refractivity (Wildman–Crippen MR) is 62.5 cm³/mol. The maximum absolute atomic E-state index is 12.0. The van der Waals surface area contributed by atoms with E-state index in [0.29, 0.717) is 0 Å². The maximum atomic E-state index is 12.0. The van der Waals surface area contributed by atoms with Gasteiger partial charge < -0.3 is 4.89 Å². The lowest BCUT2D eigenvalue weighted by Gasteiger charge is -2.20. The summed E-state index contributed by atoms with van der Waals surface area (Å²) < 4.78 is 92.4. The van der Waals surface area contributed by atoms with Crippen LogP contribution in [0.2, 0.25) is 0 Å². The van der Waals surface area contributed by atoms with Gasteiger partial charge in [0.05, 0.1) is 38.2 Å². The van der Waals surface area contributed by atoms with Crippen LogP contribution in [0.25, 0.3) is 0 Å². The molecule has 92 valence electrons. The lowest BCUT2D eigenvalue weighted by atomic mass is 10.5. The molecule has 0 saturated carbocycles. The van der Waals surface area contributed by atoms with Crippen LogP contribution in [0.3, 0.4) is 0 Å². The van der Waals surface area contributed by atoms with Crippen molar-refractivity contribution in [2.75, 3.05) is 23.3 Å². The fourth-order valence-corrected chi connectivity index (χ4v) is 1.69. The second-order valence-electron chi connectivity index (χ2n) is 1.69. The fourth-order valence-electron chi connectivity index (χ4n) is 0.354. The third kappa shape index (κ3) is 7.24. The van der Waals surface area contributed by atoms with Gasteiger partial charge in [0.1, 0.15) is 0 Å². The van der Waals surface area contributed by atoms with Crippen LogP contribution in [0, 0.1) is 0 Å². The minimum atomic E-state index is -5.99. The van der Waals surface area contributed by atoms with Gasteiger partial charge in [0, 0.05) is 11.0 Å². The van der Waals surface area contributed by atoms with Crippen LogP contribution < -0.4 is 0 Å². The van der Waals surface area contributed by atoms with Gasteiger partial charge in [-0.2, -0.15) is 0 Å². The minimum absolute atomic E-state index is 3.54. The molecule has 1 N–H and O–H groups in total. The second kappa shape index (κ2) is 8.37. The van der Waals surface area contributed by atoms with E-state index >= 15 is 0 Å². The highest BCUT2D eigenvalue weighted by atomic mass is 35.5. The standard InChI is InChI=1S/C6H11Cl4O4P/c7-1-5(2-8)13-15(11,12)14-6(3-9)4-10/h5-6H,1-4H2,(H,11,12)/i1D2,2D2,3D2,4D2,5D,6D. The second-order valence-corrected chi connectivity index (χ2v) is 3.75. The van der Waals surface area contributed by atoms with Crippen LogP contribution in [0.1, 0.15) is 13.7 Å². The first-order chi connectivity index (χ1) is 10.4.